The molecule has 0 radical (unpaired) electrons. The lowest BCUT2D eigenvalue weighted by Gasteiger charge is -2.26. The zero-order chi connectivity index (χ0) is 22.1. The lowest BCUT2D eigenvalue weighted by Crippen LogP contribution is -2.33. The van der Waals surface area contributed by atoms with E-state index in [-0.39, 0.29) is 5.57 Å². The minimum Gasteiger partial charge on any atom is -0.503 e. The minimum atomic E-state index is -0.728. The highest BCUT2D eigenvalue weighted by molar-refractivity contribution is 6.16. The van der Waals surface area contributed by atoms with E-state index in [0.717, 1.165) is 16.5 Å². The molecule has 0 fully saturated rings. The maximum absolute atomic E-state index is 13.3. The molecular weight excluding hydrogens is 404 g/mol. The van der Waals surface area contributed by atoms with Crippen LogP contribution in [-0.4, -0.2) is 43.2 Å². The number of rotatable bonds is 6. The van der Waals surface area contributed by atoms with Crippen molar-refractivity contribution >= 4 is 22.6 Å². The summed E-state index contributed by atoms with van der Waals surface area (Å²) in [5.74, 6) is -1.51. The van der Waals surface area contributed by atoms with Gasteiger partial charge in [-0.2, -0.15) is 0 Å². The molecule has 1 amide bonds. The fourth-order valence-electron chi connectivity index (χ4n) is 4.23. The van der Waals surface area contributed by atoms with Gasteiger partial charge in [-0.1, -0.05) is 24.3 Å². The van der Waals surface area contributed by atoms with Crippen molar-refractivity contribution < 1.29 is 14.7 Å². The van der Waals surface area contributed by atoms with Gasteiger partial charge in [0.1, 0.15) is 0 Å². The molecule has 1 aromatic carbocycles. The standard InChI is InChI=1S/C25H20N4O3/c30-23(18-6-4-11-27-14-18)21-22(17-5-3-10-26-13-17)29(25(32)24(21)31)12-9-16-15-28-20-8-2-1-7-19(16)20/h1-8,10-11,13-15,22,28,31H,9,12H2. The molecule has 1 aliphatic rings. The van der Waals surface area contributed by atoms with Crippen molar-refractivity contribution in [2.24, 2.45) is 0 Å². The van der Waals surface area contributed by atoms with Crippen LogP contribution >= 0.6 is 0 Å². The summed E-state index contributed by atoms with van der Waals surface area (Å²) in [7, 11) is 0. The number of amides is 1. The third-order valence-corrected chi connectivity index (χ3v) is 5.77. The molecule has 7 heteroatoms. The van der Waals surface area contributed by atoms with Gasteiger partial charge >= 0.3 is 0 Å². The summed E-state index contributed by atoms with van der Waals surface area (Å²) in [5.41, 5.74) is 3.11. The van der Waals surface area contributed by atoms with Crippen molar-refractivity contribution in [3.63, 3.8) is 0 Å². The molecule has 3 aromatic heterocycles. The number of ketones is 1. The van der Waals surface area contributed by atoms with Gasteiger partial charge in [0, 0.05) is 54.0 Å². The summed E-state index contributed by atoms with van der Waals surface area (Å²) in [6.07, 6.45) is 8.74. The molecule has 0 spiro atoms. The van der Waals surface area contributed by atoms with Crippen molar-refractivity contribution in [1.29, 1.82) is 0 Å². The number of nitrogens with one attached hydrogen (secondary N) is 1. The van der Waals surface area contributed by atoms with E-state index < -0.39 is 23.5 Å². The molecule has 1 aliphatic heterocycles. The highest BCUT2D eigenvalue weighted by atomic mass is 16.3. The molecule has 5 rings (SSSR count). The number of fused-ring (bicyclic) bond motifs is 1. The van der Waals surface area contributed by atoms with E-state index in [2.05, 4.69) is 15.0 Å². The van der Waals surface area contributed by atoms with Gasteiger partial charge in [-0.25, -0.2) is 0 Å². The lowest BCUT2D eigenvalue weighted by atomic mass is 9.94. The second-order valence-corrected chi connectivity index (χ2v) is 7.63. The number of hydrogen-bond acceptors (Lipinski definition) is 5. The molecule has 4 aromatic rings. The third-order valence-electron chi connectivity index (χ3n) is 5.77. The van der Waals surface area contributed by atoms with Crippen LogP contribution in [-0.2, 0) is 11.2 Å². The molecule has 2 N–H and O–H groups in total. The van der Waals surface area contributed by atoms with Crippen LogP contribution in [0.15, 0.2) is 90.8 Å². The predicted octanol–water partition coefficient (Wildman–Crippen LogP) is 3.78. The number of aromatic nitrogens is 3. The van der Waals surface area contributed by atoms with E-state index in [9.17, 15) is 14.7 Å². The van der Waals surface area contributed by atoms with Crippen molar-refractivity contribution in [3.05, 3.63) is 108 Å². The van der Waals surface area contributed by atoms with Crippen LogP contribution in [0.2, 0.25) is 0 Å². The summed E-state index contributed by atoms with van der Waals surface area (Å²) in [6.45, 7) is 0.328. The number of hydrogen-bond donors (Lipinski definition) is 2. The van der Waals surface area contributed by atoms with Gasteiger partial charge in [-0.15, -0.1) is 0 Å². The number of Topliss-reactive ketones (excluding diaryl/α,β-unsaturated/α-hetero) is 1. The highest BCUT2D eigenvalue weighted by Crippen LogP contribution is 2.38. The molecule has 158 valence electrons. The van der Waals surface area contributed by atoms with Gasteiger partial charge in [0.15, 0.2) is 11.5 Å². The van der Waals surface area contributed by atoms with Gasteiger partial charge in [-0.05, 0) is 41.8 Å². The average molecular weight is 424 g/mol. The monoisotopic (exact) mass is 424 g/mol. The van der Waals surface area contributed by atoms with E-state index >= 15 is 0 Å². The van der Waals surface area contributed by atoms with E-state index in [1.165, 1.54) is 11.1 Å². The lowest BCUT2D eigenvalue weighted by molar-refractivity contribution is -0.129. The first-order valence-corrected chi connectivity index (χ1v) is 10.3. The summed E-state index contributed by atoms with van der Waals surface area (Å²) in [5, 5.41) is 11.8. The van der Waals surface area contributed by atoms with Gasteiger partial charge in [-0.3, -0.25) is 19.6 Å². The maximum atomic E-state index is 13.3. The van der Waals surface area contributed by atoms with Crippen LogP contribution in [0.4, 0.5) is 0 Å². The van der Waals surface area contributed by atoms with Crippen LogP contribution in [0.5, 0.6) is 0 Å². The first kappa shape index (κ1) is 19.7. The zero-order valence-corrected chi connectivity index (χ0v) is 17.1. The van der Waals surface area contributed by atoms with Crippen molar-refractivity contribution in [1.82, 2.24) is 19.9 Å². The Hall–Kier alpha value is -4.26. The first-order valence-electron chi connectivity index (χ1n) is 10.3. The second-order valence-electron chi connectivity index (χ2n) is 7.63. The van der Waals surface area contributed by atoms with Crippen molar-refractivity contribution in [2.45, 2.75) is 12.5 Å². The molecule has 0 aliphatic carbocycles. The smallest absolute Gasteiger partial charge is 0.290 e. The minimum absolute atomic E-state index is 0.0509. The number of nitrogens with zero attached hydrogens (tertiary/aromatic N) is 3. The van der Waals surface area contributed by atoms with Crippen LogP contribution in [0.25, 0.3) is 10.9 Å². The number of aliphatic hydroxyl groups excluding tert-OH is 1. The maximum Gasteiger partial charge on any atom is 0.290 e. The van der Waals surface area contributed by atoms with Gasteiger partial charge < -0.3 is 15.0 Å². The number of pyridine rings is 2. The molecule has 1 atom stereocenters. The quantitative estimate of drug-likeness (QED) is 0.459. The number of carbonyl (C=O) groups is 2. The fourth-order valence-corrected chi connectivity index (χ4v) is 4.23. The van der Waals surface area contributed by atoms with Crippen LogP contribution < -0.4 is 0 Å². The van der Waals surface area contributed by atoms with E-state index in [1.54, 1.807) is 42.9 Å². The highest BCUT2D eigenvalue weighted by Gasteiger charge is 2.43. The zero-order valence-electron chi connectivity index (χ0n) is 17.1. The second kappa shape index (κ2) is 8.11. The summed E-state index contributed by atoms with van der Waals surface area (Å²) in [6, 6.07) is 14.0. The number of aromatic amines is 1. The third kappa shape index (κ3) is 3.33. The Balaban J connectivity index is 1.51. The number of H-pyrrole nitrogens is 1. The normalized spacial score (nSPS) is 16.2. The van der Waals surface area contributed by atoms with Crippen molar-refractivity contribution in [3.8, 4) is 0 Å². The van der Waals surface area contributed by atoms with E-state index in [4.69, 9.17) is 0 Å². The molecule has 7 nitrogen and oxygen atoms in total. The molecule has 4 heterocycles. The van der Waals surface area contributed by atoms with Crippen LogP contribution in [0, 0.1) is 0 Å². The Labute approximate surface area is 184 Å². The molecule has 0 saturated heterocycles. The van der Waals surface area contributed by atoms with Gasteiger partial charge in [0.25, 0.3) is 5.91 Å². The summed E-state index contributed by atoms with van der Waals surface area (Å²) in [4.78, 5) is 39.3. The number of benzene rings is 1. The number of carbonyl (C=O) groups excluding carboxylic acids is 2. The predicted molar refractivity (Wildman–Crippen MR) is 119 cm³/mol. The fraction of sp³-hybridized carbons (Fsp3) is 0.120. The topological polar surface area (TPSA) is 99.2 Å². The molecular formula is C25H20N4O3. The summed E-state index contributed by atoms with van der Waals surface area (Å²) < 4.78 is 0. The molecule has 0 bridgehead atoms. The average Bonchev–Trinajstić information content (AvgIpc) is 3.37. The number of aliphatic hydroxyl groups is 1. The van der Waals surface area contributed by atoms with Crippen LogP contribution in [0.3, 0.4) is 0 Å². The SMILES string of the molecule is O=C(C1=C(O)C(=O)N(CCc2c[nH]c3ccccc23)C1c1cccnc1)c1cccnc1. The number of para-hydroxylation sites is 1. The Bertz CT molecular complexity index is 1330. The van der Waals surface area contributed by atoms with Gasteiger partial charge in [0.05, 0.1) is 11.6 Å². The molecule has 32 heavy (non-hydrogen) atoms. The van der Waals surface area contributed by atoms with E-state index in [0.29, 0.717) is 24.1 Å². The Morgan fingerprint density at radius 2 is 1.81 bits per heavy atom. The summed E-state index contributed by atoms with van der Waals surface area (Å²) >= 11 is 0. The first-order chi connectivity index (χ1) is 15.6. The van der Waals surface area contributed by atoms with E-state index in [1.807, 2.05) is 30.5 Å². The largest absolute Gasteiger partial charge is 0.503 e. The van der Waals surface area contributed by atoms with Gasteiger partial charge in [0.2, 0.25) is 0 Å². The molecule has 1 unspecified atom stereocenters. The molecule has 0 saturated carbocycles. The Morgan fingerprint density at radius 3 is 2.56 bits per heavy atom. The van der Waals surface area contributed by atoms with Crippen molar-refractivity contribution in [2.75, 3.05) is 6.54 Å². The van der Waals surface area contributed by atoms with Crippen LogP contribution in [0.1, 0.15) is 27.5 Å². The Morgan fingerprint density at radius 1 is 1.03 bits per heavy atom. The Kier molecular flexibility index (Phi) is 4.99.